The van der Waals surface area contributed by atoms with Gasteiger partial charge in [-0.2, -0.15) is 15.0 Å². The molecule has 11 heteroatoms. The lowest BCUT2D eigenvalue weighted by Gasteiger charge is -2.35. The number of rotatable bonds is 9. The van der Waals surface area contributed by atoms with Crippen molar-refractivity contribution in [3.8, 4) is 5.75 Å². The summed E-state index contributed by atoms with van der Waals surface area (Å²) < 4.78 is 19.8. The molecule has 37 heavy (non-hydrogen) atoms. The molecule has 1 aromatic carbocycles. The average molecular weight is 536 g/mol. The highest BCUT2D eigenvalue weighted by atomic mass is 35.5. The smallest absolute Gasteiger partial charge is 0.310 e. The molecule has 1 aliphatic heterocycles. The Morgan fingerprint density at radius 3 is 2.51 bits per heavy atom. The minimum absolute atomic E-state index is 0. The van der Waals surface area contributed by atoms with Crippen LogP contribution in [-0.2, 0) is 4.79 Å². The van der Waals surface area contributed by atoms with Gasteiger partial charge in [-0.15, -0.1) is 0 Å². The molecular formula is C26H39ClFN7O2. The number of halogens is 2. The Labute approximate surface area is 225 Å². The normalized spacial score (nSPS) is 21.7. The van der Waals surface area contributed by atoms with E-state index in [-0.39, 0.29) is 30.1 Å². The number of anilines is 4. The average Bonchev–Trinajstić information content (AvgIpc) is 3.32. The molecule has 9 nitrogen and oxygen atoms in total. The summed E-state index contributed by atoms with van der Waals surface area (Å²) in [7, 11) is 3.46. The van der Waals surface area contributed by atoms with Crippen molar-refractivity contribution in [2.45, 2.75) is 70.9 Å². The first-order valence-corrected chi connectivity index (χ1v) is 13.1. The molecule has 1 saturated heterocycles. The van der Waals surface area contributed by atoms with Crippen LogP contribution in [0.5, 0.6) is 5.75 Å². The van der Waals surface area contributed by atoms with Gasteiger partial charge >= 0.3 is 5.91 Å². The van der Waals surface area contributed by atoms with Gasteiger partial charge in [-0.05, 0) is 31.9 Å². The summed E-state index contributed by atoms with van der Waals surface area (Å²) in [5, 5.41) is 6.52. The standard InChI is InChI=1S/C26H39FN7O2.ClH/c1-5-34(18(2)35)15-9-12-21(34)17-28-24-30-25(29-19-13-14-23(36-4)22(27)16-19)32-26(31-24)33(3)20-10-7-6-8-11-20;/h13-14,16,20-21H,5-12,15,17H2,1-4H3,(H2,28,29,30,31,32);1H/q+1;/p-1. The molecule has 1 aliphatic carbocycles. The summed E-state index contributed by atoms with van der Waals surface area (Å²) in [6, 6.07) is 5.20. The maximum absolute atomic E-state index is 14.3. The molecule has 1 amide bonds. The lowest BCUT2D eigenvalue weighted by atomic mass is 9.95. The van der Waals surface area contributed by atoms with Crippen molar-refractivity contribution >= 4 is 29.4 Å². The van der Waals surface area contributed by atoms with Crippen LogP contribution in [0.1, 0.15) is 58.8 Å². The van der Waals surface area contributed by atoms with E-state index in [1.807, 2.05) is 7.05 Å². The molecule has 4 rings (SSSR count). The fraction of sp³-hybridized carbons (Fsp3) is 0.615. The van der Waals surface area contributed by atoms with Gasteiger partial charge < -0.3 is 32.7 Å². The molecule has 2 aliphatic rings. The number of nitrogens with one attached hydrogen (secondary N) is 2. The SMILES string of the molecule is CC[N+]1(C(C)=O)CCCC1CNc1nc(Nc2ccc(OC)c(F)c2)nc(N(C)C2CCCCC2)n1.[Cl-]. The van der Waals surface area contributed by atoms with Crippen LogP contribution in [0, 0.1) is 5.82 Å². The van der Waals surface area contributed by atoms with Crippen molar-refractivity contribution in [1.82, 2.24) is 15.0 Å². The third-order valence-corrected chi connectivity index (χ3v) is 7.95. The Kier molecular flexibility index (Phi) is 9.89. The Hall–Kier alpha value is -2.72. The molecule has 2 aromatic rings. The van der Waals surface area contributed by atoms with Gasteiger partial charge in [-0.3, -0.25) is 4.48 Å². The number of aromatic nitrogens is 3. The Morgan fingerprint density at radius 2 is 1.86 bits per heavy atom. The van der Waals surface area contributed by atoms with Gasteiger partial charge in [0.05, 0.1) is 33.7 Å². The molecule has 204 valence electrons. The third kappa shape index (κ3) is 6.41. The third-order valence-electron chi connectivity index (χ3n) is 7.95. The summed E-state index contributed by atoms with van der Waals surface area (Å²) >= 11 is 0. The largest absolute Gasteiger partial charge is 1.00 e. The highest BCUT2D eigenvalue weighted by molar-refractivity contribution is 5.66. The molecule has 2 heterocycles. The van der Waals surface area contributed by atoms with Crippen molar-refractivity contribution < 1.29 is 30.8 Å². The maximum Gasteiger partial charge on any atom is 0.310 e. The number of hydrogen-bond donors (Lipinski definition) is 2. The number of ether oxygens (including phenoxy) is 1. The van der Waals surface area contributed by atoms with Crippen LogP contribution in [-0.4, -0.2) is 71.2 Å². The van der Waals surface area contributed by atoms with Gasteiger partial charge in [0.1, 0.15) is 6.04 Å². The summed E-state index contributed by atoms with van der Waals surface area (Å²) in [6.45, 7) is 6.03. The highest BCUT2D eigenvalue weighted by Crippen LogP contribution is 2.29. The van der Waals surface area contributed by atoms with Gasteiger partial charge in [-0.1, -0.05) is 19.3 Å². The topological polar surface area (TPSA) is 92.3 Å². The van der Waals surface area contributed by atoms with E-state index in [1.165, 1.54) is 32.4 Å². The van der Waals surface area contributed by atoms with E-state index in [9.17, 15) is 9.18 Å². The van der Waals surface area contributed by atoms with Crippen molar-refractivity contribution in [3.63, 3.8) is 0 Å². The lowest BCUT2D eigenvalue weighted by Crippen LogP contribution is -3.00. The van der Waals surface area contributed by atoms with Crippen LogP contribution >= 0.6 is 0 Å². The molecule has 1 saturated carbocycles. The van der Waals surface area contributed by atoms with Crippen LogP contribution in [0.2, 0.25) is 0 Å². The first-order valence-electron chi connectivity index (χ1n) is 13.1. The van der Waals surface area contributed by atoms with E-state index in [1.54, 1.807) is 19.1 Å². The van der Waals surface area contributed by atoms with Crippen molar-refractivity contribution in [3.05, 3.63) is 24.0 Å². The van der Waals surface area contributed by atoms with Gasteiger partial charge in [0.2, 0.25) is 17.8 Å². The molecule has 0 radical (unpaired) electrons. The minimum Gasteiger partial charge on any atom is -1.00 e. The number of likely N-dealkylation sites (tertiary alicyclic amines) is 1. The Morgan fingerprint density at radius 1 is 1.14 bits per heavy atom. The number of nitrogens with zero attached hydrogens (tertiary/aromatic N) is 5. The molecule has 0 spiro atoms. The van der Waals surface area contributed by atoms with Gasteiger partial charge in [0.15, 0.2) is 11.6 Å². The van der Waals surface area contributed by atoms with E-state index >= 15 is 0 Å². The number of benzene rings is 1. The summed E-state index contributed by atoms with van der Waals surface area (Å²) in [6.07, 6.45) is 7.89. The van der Waals surface area contributed by atoms with Gasteiger partial charge in [0.25, 0.3) is 0 Å². The fourth-order valence-corrected chi connectivity index (χ4v) is 5.74. The van der Waals surface area contributed by atoms with Crippen molar-refractivity contribution in [2.24, 2.45) is 0 Å². The predicted octanol–water partition coefficient (Wildman–Crippen LogP) is 1.49. The van der Waals surface area contributed by atoms with E-state index in [0.717, 1.165) is 38.8 Å². The molecular weight excluding hydrogens is 497 g/mol. The second-order valence-electron chi connectivity index (χ2n) is 9.93. The fourth-order valence-electron chi connectivity index (χ4n) is 5.74. The second kappa shape index (κ2) is 12.7. The first-order chi connectivity index (χ1) is 17.4. The number of amides is 1. The molecule has 2 fully saturated rings. The molecule has 2 unspecified atom stereocenters. The second-order valence-corrected chi connectivity index (χ2v) is 9.93. The monoisotopic (exact) mass is 535 g/mol. The number of carbonyl (C=O) groups is 1. The minimum atomic E-state index is -0.464. The van der Waals surface area contributed by atoms with Gasteiger partial charge in [0, 0.05) is 37.7 Å². The Bertz CT molecular complexity index is 1070. The molecule has 0 bridgehead atoms. The maximum atomic E-state index is 14.3. The molecule has 2 N–H and O–H groups in total. The predicted molar refractivity (Wildman–Crippen MR) is 139 cm³/mol. The van der Waals surface area contributed by atoms with E-state index in [4.69, 9.17) is 9.72 Å². The van der Waals surface area contributed by atoms with Crippen LogP contribution in [0.25, 0.3) is 0 Å². The zero-order valence-electron chi connectivity index (χ0n) is 22.3. The Balaban J connectivity index is 0.00000380. The van der Waals surface area contributed by atoms with E-state index < -0.39 is 5.82 Å². The zero-order chi connectivity index (χ0) is 25.7. The van der Waals surface area contributed by atoms with Crippen LogP contribution in [0.4, 0.5) is 27.9 Å². The van der Waals surface area contributed by atoms with Crippen molar-refractivity contribution in [1.29, 1.82) is 0 Å². The highest BCUT2D eigenvalue weighted by Gasteiger charge is 2.44. The van der Waals surface area contributed by atoms with Gasteiger partial charge in [-0.25, -0.2) is 9.18 Å². The zero-order valence-corrected chi connectivity index (χ0v) is 23.0. The molecule has 2 atom stereocenters. The first kappa shape index (κ1) is 28.8. The lowest BCUT2D eigenvalue weighted by molar-refractivity contribution is -0.862. The molecule has 1 aromatic heterocycles. The van der Waals surface area contributed by atoms with Crippen molar-refractivity contribution in [2.75, 3.05) is 49.3 Å². The number of carbonyl (C=O) groups excluding carboxylic acids is 1. The summed E-state index contributed by atoms with van der Waals surface area (Å²) in [5.74, 6) is 1.28. The number of likely N-dealkylation sites (N-methyl/N-ethyl adjacent to an activating group) is 1. The number of hydrogen-bond acceptors (Lipinski definition) is 8. The number of quaternary nitrogens is 1. The van der Waals surface area contributed by atoms with Crippen LogP contribution in [0.15, 0.2) is 18.2 Å². The van der Waals surface area contributed by atoms with E-state index in [2.05, 4.69) is 32.4 Å². The summed E-state index contributed by atoms with van der Waals surface area (Å²) in [5.41, 5.74) is 0.519. The van der Waals surface area contributed by atoms with Crippen LogP contribution < -0.4 is 32.7 Å². The summed E-state index contributed by atoms with van der Waals surface area (Å²) in [4.78, 5) is 28.6. The quantitative estimate of drug-likeness (QED) is 0.467. The van der Waals surface area contributed by atoms with Crippen LogP contribution in [0.3, 0.4) is 0 Å². The number of methoxy groups -OCH3 is 1. The van der Waals surface area contributed by atoms with E-state index in [0.29, 0.717) is 40.6 Å².